The molecule has 0 aromatic heterocycles. The number of rotatable bonds is 11. The summed E-state index contributed by atoms with van der Waals surface area (Å²) in [6, 6.07) is 14.1. The highest BCUT2D eigenvalue weighted by molar-refractivity contribution is 7.82. The molecule has 3 atom stereocenters. The fourth-order valence-corrected chi connectivity index (χ4v) is 3.28. The molecule has 0 bridgehead atoms. The Labute approximate surface area is 162 Å². The Bertz CT molecular complexity index is 710. The standard InChI is InChI=1S/C20H27FN2O3S/c1-15(23-27(3)24)17-6-4-16(5-7-17)12-22-13-20(14-25-2)26-19-10-8-18(21)9-11-19/h4-11,15,20,22-23H,12-14H2,1-3H3. The zero-order valence-electron chi connectivity index (χ0n) is 15.9. The quantitative estimate of drug-likeness (QED) is 0.615. The van der Waals surface area contributed by atoms with Gasteiger partial charge in [0.05, 0.1) is 17.6 Å². The molecule has 0 radical (unpaired) electrons. The van der Waals surface area contributed by atoms with E-state index in [1.54, 1.807) is 25.5 Å². The first kappa shape index (κ1) is 21.5. The number of hydrogen-bond acceptors (Lipinski definition) is 4. The zero-order valence-corrected chi connectivity index (χ0v) is 16.7. The summed E-state index contributed by atoms with van der Waals surface area (Å²) in [6.07, 6.45) is 1.45. The Kier molecular flexibility index (Phi) is 8.87. The van der Waals surface area contributed by atoms with Crippen LogP contribution >= 0.6 is 0 Å². The molecule has 0 amide bonds. The number of ether oxygens (including phenoxy) is 2. The van der Waals surface area contributed by atoms with Crippen molar-refractivity contribution in [3.05, 3.63) is 65.5 Å². The summed E-state index contributed by atoms with van der Waals surface area (Å²) < 4.78 is 38.3. The molecule has 0 fully saturated rings. The van der Waals surface area contributed by atoms with Gasteiger partial charge in [-0.25, -0.2) is 13.3 Å². The van der Waals surface area contributed by atoms with Crippen molar-refractivity contribution in [3.8, 4) is 5.75 Å². The molecule has 0 aliphatic carbocycles. The second-order valence-electron chi connectivity index (χ2n) is 6.32. The minimum atomic E-state index is -1.04. The van der Waals surface area contributed by atoms with Gasteiger partial charge >= 0.3 is 0 Å². The molecule has 2 aromatic carbocycles. The van der Waals surface area contributed by atoms with Crippen LogP contribution in [0, 0.1) is 5.82 Å². The summed E-state index contributed by atoms with van der Waals surface area (Å²) in [4.78, 5) is 0. The van der Waals surface area contributed by atoms with Crippen LogP contribution < -0.4 is 14.8 Å². The van der Waals surface area contributed by atoms with E-state index in [4.69, 9.17) is 9.47 Å². The first-order valence-electron chi connectivity index (χ1n) is 8.78. The molecule has 0 saturated heterocycles. The van der Waals surface area contributed by atoms with Crippen LogP contribution in [0.25, 0.3) is 0 Å². The van der Waals surface area contributed by atoms with Crippen LogP contribution in [0.2, 0.25) is 0 Å². The minimum absolute atomic E-state index is 0.0352. The Morgan fingerprint density at radius 3 is 2.37 bits per heavy atom. The summed E-state index contributed by atoms with van der Waals surface area (Å²) in [7, 11) is 0.582. The molecule has 3 unspecified atom stereocenters. The van der Waals surface area contributed by atoms with Crippen LogP contribution in [0.5, 0.6) is 5.75 Å². The maximum atomic E-state index is 13.0. The van der Waals surface area contributed by atoms with Gasteiger partial charge in [-0.05, 0) is 42.3 Å². The molecule has 7 heteroatoms. The Hall–Kier alpha value is -1.80. The van der Waals surface area contributed by atoms with Crippen molar-refractivity contribution >= 4 is 11.0 Å². The monoisotopic (exact) mass is 394 g/mol. The lowest BCUT2D eigenvalue weighted by Crippen LogP contribution is -2.34. The number of benzene rings is 2. The smallest absolute Gasteiger partial charge is 0.134 e. The van der Waals surface area contributed by atoms with Gasteiger partial charge in [-0.3, -0.25) is 0 Å². The van der Waals surface area contributed by atoms with Crippen molar-refractivity contribution in [2.45, 2.75) is 25.6 Å². The maximum Gasteiger partial charge on any atom is 0.134 e. The van der Waals surface area contributed by atoms with E-state index in [2.05, 4.69) is 10.0 Å². The van der Waals surface area contributed by atoms with Gasteiger partial charge in [-0.2, -0.15) is 0 Å². The predicted octanol–water partition coefficient (Wildman–Crippen LogP) is 2.95. The van der Waals surface area contributed by atoms with Crippen molar-refractivity contribution in [3.63, 3.8) is 0 Å². The fourth-order valence-electron chi connectivity index (χ4n) is 2.64. The fraction of sp³-hybridized carbons (Fsp3) is 0.400. The summed E-state index contributed by atoms with van der Waals surface area (Å²) in [5, 5.41) is 3.36. The van der Waals surface area contributed by atoms with Crippen LogP contribution in [0.15, 0.2) is 48.5 Å². The highest BCUT2D eigenvalue weighted by atomic mass is 32.2. The van der Waals surface area contributed by atoms with Crippen molar-refractivity contribution in [2.24, 2.45) is 0 Å². The van der Waals surface area contributed by atoms with Crippen molar-refractivity contribution in [2.75, 3.05) is 26.5 Å². The minimum Gasteiger partial charge on any atom is -0.487 e. The van der Waals surface area contributed by atoms with E-state index in [0.29, 0.717) is 25.4 Å². The second kappa shape index (κ2) is 11.1. The third-order valence-corrected chi connectivity index (χ3v) is 4.68. The van der Waals surface area contributed by atoms with Crippen LogP contribution in [-0.4, -0.2) is 36.8 Å². The van der Waals surface area contributed by atoms with Gasteiger partial charge in [0.2, 0.25) is 0 Å². The molecule has 5 nitrogen and oxygen atoms in total. The third kappa shape index (κ3) is 7.76. The van der Waals surface area contributed by atoms with Gasteiger partial charge < -0.3 is 14.8 Å². The van der Waals surface area contributed by atoms with E-state index in [-0.39, 0.29) is 18.0 Å². The Morgan fingerprint density at radius 2 is 1.78 bits per heavy atom. The van der Waals surface area contributed by atoms with Crippen LogP contribution in [0.1, 0.15) is 24.1 Å². The molecule has 148 valence electrons. The lowest BCUT2D eigenvalue weighted by atomic mass is 10.1. The molecular formula is C20H27FN2O3S. The SMILES string of the molecule is COCC(CNCc1ccc(C(C)NS(C)=O)cc1)Oc1ccc(F)cc1. The second-order valence-corrected chi connectivity index (χ2v) is 7.46. The molecule has 2 rings (SSSR count). The van der Waals surface area contributed by atoms with Gasteiger partial charge in [0.15, 0.2) is 0 Å². The summed E-state index contributed by atoms with van der Waals surface area (Å²) in [6.45, 7) is 3.70. The van der Waals surface area contributed by atoms with Gasteiger partial charge in [0.1, 0.15) is 17.7 Å². The van der Waals surface area contributed by atoms with E-state index >= 15 is 0 Å². The molecule has 0 aliphatic rings. The third-order valence-electron chi connectivity index (χ3n) is 3.99. The van der Waals surface area contributed by atoms with Crippen molar-refractivity contribution < 1.29 is 18.1 Å². The molecule has 0 aliphatic heterocycles. The van der Waals surface area contributed by atoms with Gasteiger partial charge in [0.25, 0.3) is 0 Å². The summed E-state index contributed by atoms with van der Waals surface area (Å²) in [5.74, 6) is 0.321. The maximum absolute atomic E-state index is 13.0. The van der Waals surface area contributed by atoms with Gasteiger partial charge in [-0.1, -0.05) is 24.3 Å². The first-order chi connectivity index (χ1) is 13.0. The molecule has 0 saturated carbocycles. The number of hydrogen-bond donors (Lipinski definition) is 2. The van der Waals surface area contributed by atoms with E-state index < -0.39 is 11.0 Å². The number of nitrogens with one attached hydrogen (secondary N) is 2. The lowest BCUT2D eigenvalue weighted by molar-refractivity contribution is 0.0804. The largest absolute Gasteiger partial charge is 0.487 e. The first-order valence-corrected chi connectivity index (χ1v) is 10.3. The Morgan fingerprint density at radius 1 is 1.11 bits per heavy atom. The zero-order chi connectivity index (χ0) is 19.6. The van der Waals surface area contributed by atoms with E-state index in [9.17, 15) is 8.60 Å². The van der Waals surface area contributed by atoms with E-state index in [1.165, 1.54) is 12.1 Å². The van der Waals surface area contributed by atoms with E-state index in [1.807, 2.05) is 31.2 Å². The number of halogens is 1. The molecular weight excluding hydrogens is 367 g/mol. The predicted molar refractivity (Wildman–Crippen MR) is 106 cm³/mol. The Balaban J connectivity index is 1.83. The normalized spacial score (nSPS) is 14.5. The van der Waals surface area contributed by atoms with Crippen LogP contribution in [-0.2, 0) is 22.3 Å². The highest BCUT2D eigenvalue weighted by Gasteiger charge is 2.11. The van der Waals surface area contributed by atoms with Crippen LogP contribution in [0.3, 0.4) is 0 Å². The van der Waals surface area contributed by atoms with Crippen molar-refractivity contribution in [1.29, 1.82) is 0 Å². The lowest BCUT2D eigenvalue weighted by Gasteiger charge is -2.19. The summed E-state index contributed by atoms with van der Waals surface area (Å²) >= 11 is 0. The topological polar surface area (TPSA) is 59.6 Å². The van der Waals surface area contributed by atoms with E-state index in [0.717, 1.165) is 11.1 Å². The molecule has 27 heavy (non-hydrogen) atoms. The number of methoxy groups -OCH3 is 1. The van der Waals surface area contributed by atoms with Crippen LogP contribution in [0.4, 0.5) is 4.39 Å². The molecule has 2 aromatic rings. The highest BCUT2D eigenvalue weighted by Crippen LogP contribution is 2.15. The average molecular weight is 395 g/mol. The summed E-state index contributed by atoms with van der Waals surface area (Å²) in [5.41, 5.74) is 2.23. The van der Waals surface area contributed by atoms with Gasteiger partial charge in [-0.15, -0.1) is 0 Å². The molecule has 0 heterocycles. The molecule has 2 N–H and O–H groups in total. The van der Waals surface area contributed by atoms with Gasteiger partial charge in [0, 0.05) is 32.5 Å². The molecule has 0 spiro atoms. The average Bonchev–Trinajstić information content (AvgIpc) is 2.63. The van der Waals surface area contributed by atoms with Crippen molar-refractivity contribution in [1.82, 2.24) is 10.0 Å².